The highest BCUT2D eigenvalue weighted by molar-refractivity contribution is 6.18. The summed E-state index contributed by atoms with van der Waals surface area (Å²) in [6.45, 7) is 0. The maximum Gasteiger partial charge on any atom is 0.434 e. The fourth-order valence-corrected chi connectivity index (χ4v) is 3.38. The molecule has 20 heavy (non-hydrogen) atoms. The number of nitrogens with zero attached hydrogens (tertiary/aromatic N) is 2. The number of hydrogen-bond acceptors (Lipinski definition) is 1. The Bertz CT molecular complexity index is 471. The lowest BCUT2D eigenvalue weighted by Crippen LogP contribution is -2.17. The van der Waals surface area contributed by atoms with E-state index in [9.17, 15) is 13.2 Å². The molecule has 2 aliphatic carbocycles. The summed E-state index contributed by atoms with van der Waals surface area (Å²) >= 11 is 5.86. The second-order valence-corrected chi connectivity index (χ2v) is 6.30. The van der Waals surface area contributed by atoms with Gasteiger partial charge in [-0.25, -0.2) is 4.98 Å². The van der Waals surface area contributed by atoms with E-state index in [0.717, 1.165) is 38.5 Å². The Balaban J connectivity index is 1.83. The maximum absolute atomic E-state index is 12.9. The topological polar surface area (TPSA) is 17.8 Å². The zero-order valence-corrected chi connectivity index (χ0v) is 11.9. The Morgan fingerprint density at radius 2 is 1.80 bits per heavy atom. The van der Waals surface area contributed by atoms with Crippen LogP contribution in [0.25, 0.3) is 0 Å². The van der Waals surface area contributed by atoms with Crippen LogP contribution in [0.3, 0.4) is 0 Å². The molecular weight excluding hydrogens is 289 g/mol. The minimum atomic E-state index is -4.35. The van der Waals surface area contributed by atoms with E-state index in [1.54, 1.807) is 4.57 Å². The predicted octanol–water partition coefficient (Wildman–Crippen LogP) is 4.75. The summed E-state index contributed by atoms with van der Waals surface area (Å²) in [6, 6.07) is 0.236. The van der Waals surface area contributed by atoms with E-state index < -0.39 is 11.9 Å². The SMILES string of the molecule is FC(F)(F)c1cn(C2CC2)c(C2CCC(CCl)CC2)n1. The summed E-state index contributed by atoms with van der Waals surface area (Å²) in [5.74, 6) is 1.97. The molecule has 0 N–H and O–H groups in total. The number of halogens is 4. The Morgan fingerprint density at radius 3 is 2.30 bits per heavy atom. The standard InChI is InChI=1S/C14H18ClF3N2/c15-7-9-1-3-10(4-2-9)13-19-12(14(16,17)18)8-20(13)11-5-6-11/h8-11H,1-7H2. The highest BCUT2D eigenvalue weighted by atomic mass is 35.5. The van der Waals surface area contributed by atoms with Gasteiger partial charge >= 0.3 is 6.18 Å². The molecule has 0 atom stereocenters. The molecule has 1 aromatic rings. The zero-order chi connectivity index (χ0) is 14.3. The van der Waals surface area contributed by atoms with Gasteiger partial charge < -0.3 is 4.57 Å². The molecule has 0 bridgehead atoms. The molecule has 2 saturated carbocycles. The first kappa shape index (κ1) is 14.2. The van der Waals surface area contributed by atoms with Gasteiger partial charge in [-0.1, -0.05) is 0 Å². The van der Waals surface area contributed by atoms with E-state index in [4.69, 9.17) is 11.6 Å². The minimum absolute atomic E-state index is 0.158. The second kappa shape index (κ2) is 5.24. The largest absolute Gasteiger partial charge is 0.434 e. The number of imidazole rings is 1. The number of hydrogen-bond donors (Lipinski definition) is 0. The first-order chi connectivity index (χ1) is 9.49. The van der Waals surface area contributed by atoms with Crippen molar-refractivity contribution in [3.8, 4) is 0 Å². The van der Waals surface area contributed by atoms with Gasteiger partial charge in [0.2, 0.25) is 0 Å². The van der Waals surface area contributed by atoms with Crippen LogP contribution in [0.4, 0.5) is 13.2 Å². The third kappa shape index (κ3) is 2.83. The third-order valence-corrected chi connectivity index (χ3v) is 4.86. The predicted molar refractivity (Wildman–Crippen MR) is 70.9 cm³/mol. The molecule has 0 saturated heterocycles. The molecule has 0 aliphatic heterocycles. The molecule has 2 aliphatic rings. The molecule has 0 radical (unpaired) electrons. The molecule has 1 aromatic heterocycles. The molecule has 1 heterocycles. The minimum Gasteiger partial charge on any atom is -0.331 e. The van der Waals surface area contributed by atoms with Crippen LogP contribution in [0.2, 0.25) is 0 Å². The van der Waals surface area contributed by atoms with Gasteiger partial charge in [-0.3, -0.25) is 0 Å². The smallest absolute Gasteiger partial charge is 0.331 e. The van der Waals surface area contributed by atoms with Crippen molar-refractivity contribution in [2.24, 2.45) is 5.92 Å². The number of rotatable bonds is 3. The molecule has 0 unspecified atom stereocenters. The fraction of sp³-hybridized carbons (Fsp3) is 0.786. The number of aromatic nitrogens is 2. The van der Waals surface area contributed by atoms with Crippen molar-refractivity contribution in [3.05, 3.63) is 17.7 Å². The second-order valence-electron chi connectivity index (χ2n) is 5.99. The van der Waals surface area contributed by atoms with Crippen LogP contribution in [0, 0.1) is 5.92 Å². The van der Waals surface area contributed by atoms with E-state index >= 15 is 0 Å². The lowest BCUT2D eigenvalue weighted by molar-refractivity contribution is -0.141. The van der Waals surface area contributed by atoms with Crippen LogP contribution in [0.1, 0.15) is 62.0 Å². The molecule has 6 heteroatoms. The van der Waals surface area contributed by atoms with Crippen molar-refractivity contribution >= 4 is 11.6 Å². The van der Waals surface area contributed by atoms with Gasteiger partial charge in [0.15, 0.2) is 5.69 Å². The average Bonchev–Trinajstić information content (AvgIpc) is 3.16. The summed E-state index contributed by atoms with van der Waals surface area (Å²) in [4.78, 5) is 3.92. The molecule has 112 valence electrons. The summed E-state index contributed by atoms with van der Waals surface area (Å²) < 4.78 is 40.4. The van der Waals surface area contributed by atoms with Gasteiger partial charge in [0.25, 0.3) is 0 Å². The van der Waals surface area contributed by atoms with Crippen LogP contribution in [-0.2, 0) is 6.18 Å². The molecule has 3 rings (SSSR count). The fourth-order valence-electron chi connectivity index (χ4n) is 3.07. The lowest BCUT2D eigenvalue weighted by atomic mass is 9.82. The first-order valence-corrected chi connectivity index (χ1v) is 7.74. The van der Waals surface area contributed by atoms with Gasteiger partial charge in [-0.15, -0.1) is 11.6 Å². The third-order valence-electron chi connectivity index (χ3n) is 4.42. The molecule has 0 aromatic carbocycles. The average molecular weight is 307 g/mol. The normalized spacial score (nSPS) is 27.8. The lowest BCUT2D eigenvalue weighted by Gasteiger charge is -2.27. The molecule has 2 fully saturated rings. The van der Waals surface area contributed by atoms with Gasteiger partial charge in [0.1, 0.15) is 5.82 Å². The van der Waals surface area contributed by atoms with Crippen LogP contribution >= 0.6 is 11.6 Å². The molecule has 0 amide bonds. The van der Waals surface area contributed by atoms with Crippen LogP contribution < -0.4 is 0 Å². The van der Waals surface area contributed by atoms with Gasteiger partial charge in [0.05, 0.1) is 0 Å². The zero-order valence-electron chi connectivity index (χ0n) is 11.2. The summed E-state index contributed by atoms with van der Waals surface area (Å²) in [7, 11) is 0. The van der Waals surface area contributed by atoms with Crippen molar-refractivity contribution in [2.45, 2.75) is 56.7 Å². The van der Waals surface area contributed by atoms with Gasteiger partial charge in [-0.05, 0) is 44.4 Å². The van der Waals surface area contributed by atoms with E-state index in [1.165, 1.54) is 6.20 Å². The Labute approximate surface area is 121 Å². The van der Waals surface area contributed by atoms with E-state index in [2.05, 4.69) is 4.98 Å². The summed E-state index contributed by atoms with van der Waals surface area (Å²) in [6.07, 6.45) is 2.59. The van der Waals surface area contributed by atoms with Crippen molar-refractivity contribution in [1.29, 1.82) is 0 Å². The summed E-state index contributed by atoms with van der Waals surface area (Å²) in [5.41, 5.74) is -0.737. The van der Waals surface area contributed by atoms with E-state index in [-0.39, 0.29) is 12.0 Å². The van der Waals surface area contributed by atoms with E-state index in [0.29, 0.717) is 17.6 Å². The van der Waals surface area contributed by atoms with Crippen LogP contribution in [0.15, 0.2) is 6.20 Å². The monoisotopic (exact) mass is 306 g/mol. The van der Waals surface area contributed by atoms with Crippen molar-refractivity contribution in [2.75, 3.05) is 5.88 Å². The van der Waals surface area contributed by atoms with Crippen molar-refractivity contribution < 1.29 is 13.2 Å². The van der Waals surface area contributed by atoms with Crippen LogP contribution in [0.5, 0.6) is 0 Å². The Morgan fingerprint density at radius 1 is 1.15 bits per heavy atom. The highest BCUT2D eigenvalue weighted by Gasteiger charge is 2.39. The highest BCUT2D eigenvalue weighted by Crippen LogP contribution is 2.43. The molecule has 0 spiro atoms. The summed E-state index contributed by atoms with van der Waals surface area (Å²) in [5, 5.41) is 0. The van der Waals surface area contributed by atoms with Crippen molar-refractivity contribution in [1.82, 2.24) is 9.55 Å². The quantitative estimate of drug-likeness (QED) is 0.737. The van der Waals surface area contributed by atoms with Gasteiger partial charge in [0, 0.05) is 24.0 Å². The maximum atomic E-state index is 12.9. The molecule has 2 nitrogen and oxygen atoms in total. The first-order valence-electron chi connectivity index (χ1n) is 7.21. The van der Waals surface area contributed by atoms with Crippen LogP contribution in [-0.4, -0.2) is 15.4 Å². The number of alkyl halides is 4. The van der Waals surface area contributed by atoms with Crippen molar-refractivity contribution in [3.63, 3.8) is 0 Å². The Hall–Kier alpha value is -0.710. The van der Waals surface area contributed by atoms with Gasteiger partial charge in [-0.2, -0.15) is 13.2 Å². The van der Waals surface area contributed by atoms with E-state index in [1.807, 2.05) is 0 Å². The molecular formula is C14H18ClF3N2. The Kier molecular flexibility index (Phi) is 3.73.